The van der Waals surface area contributed by atoms with Gasteiger partial charge in [-0.2, -0.15) is 0 Å². The van der Waals surface area contributed by atoms with Gasteiger partial charge in [-0.3, -0.25) is 0 Å². The summed E-state index contributed by atoms with van der Waals surface area (Å²) in [5.74, 6) is 0.237. The van der Waals surface area contributed by atoms with Crippen molar-refractivity contribution in [1.82, 2.24) is 4.72 Å². The fourth-order valence-corrected chi connectivity index (χ4v) is 3.40. The van der Waals surface area contributed by atoms with Gasteiger partial charge in [0.1, 0.15) is 11.6 Å². The highest BCUT2D eigenvalue weighted by molar-refractivity contribution is 7.89. The van der Waals surface area contributed by atoms with Crippen molar-refractivity contribution in [1.29, 1.82) is 0 Å². The average molecular weight is 323 g/mol. The summed E-state index contributed by atoms with van der Waals surface area (Å²) in [6, 6.07) is 11.6. The number of sulfonamides is 1. The number of benzene rings is 2. The fraction of sp³-hybridized carbons (Fsp3) is 0.250. The van der Waals surface area contributed by atoms with E-state index in [2.05, 4.69) is 4.72 Å². The van der Waals surface area contributed by atoms with E-state index in [9.17, 15) is 12.8 Å². The first-order valence-corrected chi connectivity index (χ1v) is 8.36. The summed E-state index contributed by atoms with van der Waals surface area (Å²) in [4.78, 5) is 0.0425. The van der Waals surface area contributed by atoms with Gasteiger partial charge in [0.2, 0.25) is 10.0 Å². The second-order valence-electron chi connectivity index (χ2n) is 4.81. The molecule has 0 amide bonds. The van der Waals surface area contributed by atoms with Crippen LogP contribution in [0.25, 0.3) is 0 Å². The Bertz CT molecular complexity index is 712. The number of hydrogen-bond acceptors (Lipinski definition) is 3. The molecule has 0 fully saturated rings. The highest BCUT2D eigenvalue weighted by Gasteiger charge is 2.20. The lowest BCUT2D eigenvalue weighted by Crippen LogP contribution is -2.28. The van der Waals surface area contributed by atoms with Gasteiger partial charge in [0.25, 0.3) is 0 Å². The minimum absolute atomic E-state index is 0.0425. The number of nitrogens with one attached hydrogen (secondary N) is 1. The molecule has 0 aliphatic carbocycles. The molecular formula is C16H18FNO3S. The molecule has 0 spiro atoms. The molecule has 0 radical (unpaired) electrons. The van der Waals surface area contributed by atoms with Gasteiger partial charge in [0, 0.05) is 6.04 Å². The normalized spacial score (nSPS) is 12.9. The molecular weight excluding hydrogens is 305 g/mol. The molecule has 2 aromatic rings. The predicted molar refractivity (Wildman–Crippen MR) is 82.7 cm³/mol. The zero-order valence-electron chi connectivity index (χ0n) is 12.4. The van der Waals surface area contributed by atoms with Crippen molar-refractivity contribution in [3.63, 3.8) is 0 Å². The quantitative estimate of drug-likeness (QED) is 0.888. The summed E-state index contributed by atoms with van der Waals surface area (Å²) in [7, 11) is -2.13. The van der Waals surface area contributed by atoms with Crippen LogP contribution in [-0.4, -0.2) is 15.5 Å². The highest BCUT2D eigenvalue weighted by Crippen LogP contribution is 2.22. The van der Waals surface area contributed by atoms with Crippen molar-refractivity contribution in [2.75, 3.05) is 7.11 Å². The molecule has 22 heavy (non-hydrogen) atoms. The third kappa shape index (κ3) is 3.84. The summed E-state index contributed by atoms with van der Waals surface area (Å²) in [5.41, 5.74) is 0.842. The standard InChI is InChI=1S/C16H18FNO3S/c1-3-16(12-4-8-14(21-2)9-5-12)18-22(19,20)15-10-6-13(17)7-11-15/h4-11,16,18H,3H2,1-2H3/t16-/m1/s1. The Labute approximate surface area is 130 Å². The van der Waals surface area contributed by atoms with E-state index in [4.69, 9.17) is 4.74 Å². The Morgan fingerprint density at radius 2 is 1.68 bits per heavy atom. The lowest BCUT2D eigenvalue weighted by molar-refractivity contribution is 0.414. The minimum Gasteiger partial charge on any atom is -0.497 e. The van der Waals surface area contributed by atoms with Crippen LogP contribution in [-0.2, 0) is 10.0 Å². The first-order valence-electron chi connectivity index (χ1n) is 6.88. The fourth-order valence-electron chi connectivity index (χ4n) is 2.09. The van der Waals surface area contributed by atoms with E-state index in [0.29, 0.717) is 12.2 Å². The molecule has 4 nitrogen and oxygen atoms in total. The number of ether oxygens (including phenoxy) is 1. The van der Waals surface area contributed by atoms with Crippen LogP contribution < -0.4 is 9.46 Å². The second kappa shape index (κ2) is 6.89. The predicted octanol–water partition coefficient (Wildman–Crippen LogP) is 3.26. The van der Waals surface area contributed by atoms with Gasteiger partial charge in [-0.1, -0.05) is 19.1 Å². The van der Waals surface area contributed by atoms with E-state index in [0.717, 1.165) is 17.7 Å². The Morgan fingerprint density at radius 1 is 1.09 bits per heavy atom. The SMILES string of the molecule is CC[C@@H](NS(=O)(=O)c1ccc(F)cc1)c1ccc(OC)cc1. The summed E-state index contributed by atoms with van der Waals surface area (Å²) < 4.78 is 45.3. The van der Waals surface area contributed by atoms with Crippen molar-refractivity contribution < 1.29 is 17.5 Å². The molecule has 1 N–H and O–H groups in total. The molecule has 0 saturated heterocycles. The molecule has 0 aromatic heterocycles. The topological polar surface area (TPSA) is 55.4 Å². The lowest BCUT2D eigenvalue weighted by atomic mass is 10.1. The monoisotopic (exact) mass is 323 g/mol. The zero-order valence-corrected chi connectivity index (χ0v) is 13.2. The van der Waals surface area contributed by atoms with Gasteiger partial charge in [0.05, 0.1) is 12.0 Å². The van der Waals surface area contributed by atoms with Crippen LogP contribution in [0.1, 0.15) is 24.9 Å². The molecule has 0 aliphatic rings. The van der Waals surface area contributed by atoms with Gasteiger partial charge in [-0.05, 0) is 48.4 Å². The van der Waals surface area contributed by atoms with E-state index in [1.54, 1.807) is 19.2 Å². The van der Waals surface area contributed by atoms with Crippen LogP contribution >= 0.6 is 0 Å². The molecule has 1 atom stereocenters. The van der Waals surface area contributed by atoms with Crippen molar-refractivity contribution in [3.05, 3.63) is 59.9 Å². The number of methoxy groups -OCH3 is 1. The number of hydrogen-bond donors (Lipinski definition) is 1. The van der Waals surface area contributed by atoms with Crippen LogP contribution in [0.15, 0.2) is 53.4 Å². The lowest BCUT2D eigenvalue weighted by Gasteiger charge is -2.18. The molecule has 118 valence electrons. The summed E-state index contributed by atoms with van der Waals surface area (Å²) in [6.07, 6.45) is 0.590. The molecule has 0 unspecified atom stereocenters. The maximum Gasteiger partial charge on any atom is 0.241 e. The maximum atomic E-state index is 12.9. The van der Waals surface area contributed by atoms with Crippen molar-refractivity contribution >= 4 is 10.0 Å². The molecule has 2 aromatic carbocycles. The third-order valence-electron chi connectivity index (χ3n) is 3.35. The largest absolute Gasteiger partial charge is 0.497 e. The molecule has 0 bridgehead atoms. The van der Waals surface area contributed by atoms with Crippen LogP contribution in [0.4, 0.5) is 4.39 Å². The van der Waals surface area contributed by atoms with Crippen molar-refractivity contribution in [2.24, 2.45) is 0 Å². The molecule has 2 rings (SSSR count). The van der Waals surface area contributed by atoms with Crippen molar-refractivity contribution in [2.45, 2.75) is 24.3 Å². The minimum atomic E-state index is -3.70. The third-order valence-corrected chi connectivity index (χ3v) is 4.84. The average Bonchev–Trinajstić information content (AvgIpc) is 2.53. The first kappa shape index (κ1) is 16.5. The van der Waals surface area contributed by atoms with E-state index in [1.807, 2.05) is 19.1 Å². The molecule has 0 heterocycles. The summed E-state index contributed by atoms with van der Waals surface area (Å²) in [6.45, 7) is 1.89. The Kier molecular flexibility index (Phi) is 5.15. The van der Waals surface area contributed by atoms with E-state index in [-0.39, 0.29) is 10.9 Å². The summed E-state index contributed by atoms with van der Waals surface area (Å²) in [5, 5.41) is 0. The first-order chi connectivity index (χ1) is 10.5. The van der Waals surface area contributed by atoms with Crippen molar-refractivity contribution in [3.8, 4) is 5.75 Å². The highest BCUT2D eigenvalue weighted by atomic mass is 32.2. The van der Waals surface area contributed by atoms with Crippen LogP contribution in [0.2, 0.25) is 0 Å². The second-order valence-corrected chi connectivity index (χ2v) is 6.52. The van der Waals surface area contributed by atoms with Gasteiger partial charge >= 0.3 is 0 Å². The smallest absolute Gasteiger partial charge is 0.241 e. The molecule has 0 saturated carbocycles. The van der Waals surface area contributed by atoms with Gasteiger partial charge in [-0.25, -0.2) is 17.5 Å². The van der Waals surface area contributed by atoms with Gasteiger partial charge < -0.3 is 4.74 Å². The van der Waals surface area contributed by atoms with E-state index < -0.39 is 15.8 Å². The Morgan fingerprint density at radius 3 is 2.18 bits per heavy atom. The maximum absolute atomic E-state index is 12.9. The Balaban J connectivity index is 2.22. The van der Waals surface area contributed by atoms with Gasteiger partial charge in [-0.15, -0.1) is 0 Å². The number of halogens is 1. The Hall–Kier alpha value is -1.92. The van der Waals surface area contributed by atoms with E-state index in [1.165, 1.54) is 12.1 Å². The van der Waals surface area contributed by atoms with Crippen LogP contribution in [0.5, 0.6) is 5.75 Å². The van der Waals surface area contributed by atoms with Crippen LogP contribution in [0, 0.1) is 5.82 Å². The van der Waals surface area contributed by atoms with Gasteiger partial charge in [0.15, 0.2) is 0 Å². The zero-order chi connectivity index (χ0) is 16.2. The van der Waals surface area contributed by atoms with E-state index >= 15 is 0 Å². The number of rotatable bonds is 6. The van der Waals surface area contributed by atoms with Crippen LogP contribution in [0.3, 0.4) is 0 Å². The molecule has 0 aliphatic heterocycles. The molecule has 6 heteroatoms. The summed E-state index contributed by atoms with van der Waals surface area (Å²) >= 11 is 0.